The summed E-state index contributed by atoms with van der Waals surface area (Å²) in [6, 6.07) is 5.70. The average Bonchev–Trinajstić information content (AvgIpc) is 2.92. The lowest BCUT2D eigenvalue weighted by Crippen LogP contribution is -2.06. The molecule has 0 aliphatic heterocycles. The Morgan fingerprint density at radius 2 is 2.21 bits per heavy atom. The van der Waals surface area contributed by atoms with Gasteiger partial charge in [0.25, 0.3) is 0 Å². The van der Waals surface area contributed by atoms with Gasteiger partial charge in [0.2, 0.25) is 0 Å². The van der Waals surface area contributed by atoms with Gasteiger partial charge in [0.05, 0.1) is 0 Å². The number of rotatable bonds is 3. The van der Waals surface area contributed by atoms with Crippen LogP contribution in [0.15, 0.2) is 22.7 Å². The maximum atomic E-state index is 10.8. The summed E-state index contributed by atoms with van der Waals surface area (Å²) >= 11 is 9.37. The van der Waals surface area contributed by atoms with Crippen LogP contribution in [0.2, 0.25) is 5.02 Å². The molecule has 14 heavy (non-hydrogen) atoms. The Morgan fingerprint density at radius 3 is 2.79 bits per heavy atom. The van der Waals surface area contributed by atoms with Crippen LogP contribution >= 0.6 is 27.5 Å². The van der Waals surface area contributed by atoms with Crippen molar-refractivity contribution in [3.05, 3.63) is 33.3 Å². The average molecular weight is 274 g/mol. The van der Waals surface area contributed by atoms with E-state index in [1.165, 1.54) is 0 Å². The third-order valence-corrected chi connectivity index (χ3v) is 3.70. The Morgan fingerprint density at radius 1 is 1.50 bits per heavy atom. The zero-order valence-electron chi connectivity index (χ0n) is 7.59. The first-order valence-corrected chi connectivity index (χ1v) is 5.73. The molecule has 0 atom stereocenters. The van der Waals surface area contributed by atoms with Gasteiger partial charge in [-0.3, -0.25) is 0 Å². The van der Waals surface area contributed by atoms with Crippen LogP contribution in [0, 0.1) is 5.41 Å². The van der Waals surface area contributed by atoms with Crippen molar-refractivity contribution >= 4 is 33.8 Å². The molecule has 0 spiro atoms. The zero-order valence-corrected chi connectivity index (χ0v) is 9.94. The van der Waals surface area contributed by atoms with Crippen molar-refractivity contribution in [2.45, 2.75) is 19.3 Å². The van der Waals surface area contributed by atoms with E-state index in [4.69, 9.17) is 11.6 Å². The molecule has 0 radical (unpaired) electrons. The van der Waals surface area contributed by atoms with Crippen molar-refractivity contribution in [3.63, 3.8) is 0 Å². The molecule has 1 aliphatic carbocycles. The van der Waals surface area contributed by atoms with Crippen molar-refractivity contribution in [2.24, 2.45) is 5.41 Å². The van der Waals surface area contributed by atoms with Crippen LogP contribution in [0.4, 0.5) is 0 Å². The molecule has 1 saturated carbocycles. The minimum absolute atomic E-state index is 0.0901. The van der Waals surface area contributed by atoms with Crippen LogP contribution in [0.1, 0.15) is 18.4 Å². The Bertz CT molecular complexity index is 372. The van der Waals surface area contributed by atoms with E-state index in [1.807, 2.05) is 18.2 Å². The normalized spacial score (nSPS) is 17.9. The fourth-order valence-corrected chi connectivity index (χ4v) is 2.14. The molecule has 0 bridgehead atoms. The zero-order chi connectivity index (χ0) is 10.2. The highest BCUT2D eigenvalue weighted by atomic mass is 79.9. The number of carbonyl (C=O) groups excluding carboxylic acids is 1. The SMILES string of the molecule is O=CC1(Cc2cc(Cl)ccc2Br)CC1. The molecule has 0 aromatic heterocycles. The highest BCUT2D eigenvalue weighted by Crippen LogP contribution is 2.47. The molecule has 0 saturated heterocycles. The van der Waals surface area contributed by atoms with Crippen molar-refractivity contribution < 1.29 is 4.79 Å². The molecule has 1 aliphatic rings. The second-order valence-electron chi connectivity index (χ2n) is 3.89. The topological polar surface area (TPSA) is 17.1 Å². The lowest BCUT2D eigenvalue weighted by Gasteiger charge is -2.09. The standard InChI is InChI=1S/C11H10BrClO/c12-10-2-1-9(13)5-8(10)6-11(7-14)3-4-11/h1-2,5,7H,3-4,6H2. The highest BCUT2D eigenvalue weighted by molar-refractivity contribution is 9.10. The maximum Gasteiger partial charge on any atom is 0.126 e. The van der Waals surface area contributed by atoms with Gasteiger partial charge in [-0.15, -0.1) is 0 Å². The number of aldehydes is 1. The first kappa shape index (κ1) is 10.2. The third-order valence-electron chi connectivity index (χ3n) is 2.69. The fourth-order valence-electron chi connectivity index (χ4n) is 1.55. The van der Waals surface area contributed by atoms with Gasteiger partial charge in [0, 0.05) is 14.9 Å². The van der Waals surface area contributed by atoms with Crippen LogP contribution < -0.4 is 0 Å². The lowest BCUT2D eigenvalue weighted by atomic mass is 9.98. The molecule has 0 N–H and O–H groups in total. The van der Waals surface area contributed by atoms with Crippen molar-refractivity contribution in [1.29, 1.82) is 0 Å². The largest absolute Gasteiger partial charge is 0.303 e. The van der Waals surface area contributed by atoms with E-state index in [0.29, 0.717) is 0 Å². The molecular weight excluding hydrogens is 263 g/mol. The highest BCUT2D eigenvalue weighted by Gasteiger charge is 2.42. The molecule has 0 amide bonds. The van der Waals surface area contributed by atoms with Gasteiger partial charge >= 0.3 is 0 Å². The number of halogens is 2. The monoisotopic (exact) mass is 272 g/mol. The Balaban J connectivity index is 2.24. The Labute approximate surface area is 96.6 Å². The van der Waals surface area contributed by atoms with Crippen LogP contribution in [-0.4, -0.2) is 6.29 Å². The smallest absolute Gasteiger partial charge is 0.126 e. The van der Waals surface area contributed by atoms with E-state index in [9.17, 15) is 4.79 Å². The van der Waals surface area contributed by atoms with E-state index in [0.717, 1.165) is 40.6 Å². The molecule has 3 heteroatoms. The van der Waals surface area contributed by atoms with Crippen LogP contribution in [0.5, 0.6) is 0 Å². The van der Waals surface area contributed by atoms with Crippen molar-refractivity contribution in [1.82, 2.24) is 0 Å². The first-order valence-electron chi connectivity index (χ1n) is 4.55. The van der Waals surface area contributed by atoms with E-state index >= 15 is 0 Å². The van der Waals surface area contributed by atoms with Crippen LogP contribution in [0.25, 0.3) is 0 Å². The molecular formula is C11H10BrClO. The second-order valence-corrected chi connectivity index (χ2v) is 5.18. The summed E-state index contributed by atoms with van der Waals surface area (Å²) in [5.41, 5.74) is 1.04. The van der Waals surface area contributed by atoms with Crippen LogP contribution in [-0.2, 0) is 11.2 Å². The van der Waals surface area contributed by atoms with Gasteiger partial charge in [0.15, 0.2) is 0 Å². The number of hydrogen-bond acceptors (Lipinski definition) is 1. The van der Waals surface area contributed by atoms with E-state index in [1.54, 1.807) is 0 Å². The van der Waals surface area contributed by atoms with Crippen molar-refractivity contribution in [3.8, 4) is 0 Å². The molecule has 1 aromatic carbocycles. The molecule has 0 unspecified atom stereocenters. The Hall–Kier alpha value is -0.340. The molecule has 1 nitrogen and oxygen atoms in total. The number of carbonyl (C=O) groups is 1. The van der Waals surface area contributed by atoms with Gasteiger partial charge < -0.3 is 4.79 Å². The minimum atomic E-state index is -0.0901. The molecule has 1 aromatic rings. The third kappa shape index (κ3) is 2.01. The van der Waals surface area contributed by atoms with Gasteiger partial charge in [-0.2, -0.15) is 0 Å². The quantitative estimate of drug-likeness (QED) is 0.769. The molecule has 2 rings (SSSR count). The first-order chi connectivity index (χ1) is 6.65. The Kier molecular flexibility index (Phi) is 2.67. The predicted molar refractivity (Wildman–Crippen MR) is 60.6 cm³/mol. The number of benzene rings is 1. The second kappa shape index (κ2) is 3.67. The fraction of sp³-hybridized carbons (Fsp3) is 0.364. The summed E-state index contributed by atoms with van der Waals surface area (Å²) in [7, 11) is 0. The van der Waals surface area contributed by atoms with E-state index < -0.39 is 0 Å². The van der Waals surface area contributed by atoms with Gasteiger partial charge in [-0.1, -0.05) is 27.5 Å². The maximum absolute atomic E-state index is 10.8. The molecule has 74 valence electrons. The summed E-state index contributed by atoms with van der Waals surface area (Å²) in [5.74, 6) is 0. The predicted octanol–water partition coefficient (Wildman–Crippen LogP) is 3.62. The van der Waals surface area contributed by atoms with Gasteiger partial charge in [-0.25, -0.2) is 0 Å². The minimum Gasteiger partial charge on any atom is -0.303 e. The van der Waals surface area contributed by atoms with Gasteiger partial charge in [-0.05, 0) is 43.0 Å². The lowest BCUT2D eigenvalue weighted by molar-refractivity contribution is -0.112. The number of hydrogen-bond donors (Lipinski definition) is 0. The van der Waals surface area contributed by atoms with Gasteiger partial charge in [0.1, 0.15) is 6.29 Å². The van der Waals surface area contributed by atoms with E-state index in [-0.39, 0.29) is 5.41 Å². The summed E-state index contributed by atoms with van der Waals surface area (Å²) < 4.78 is 1.04. The van der Waals surface area contributed by atoms with E-state index in [2.05, 4.69) is 15.9 Å². The summed E-state index contributed by atoms with van der Waals surface area (Å²) in [6.07, 6.45) is 3.91. The summed E-state index contributed by atoms with van der Waals surface area (Å²) in [4.78, 5) is 10.8. The van der Waals surface area contributed by atoms with Crippen LogP contribution in [0.3, 0.4) is 0 Å². The summed E-state index contributed by atoms with van der Waals surface area (Å²) in [5, 5.41) is 0.727. The van der Waals surface area contributed by atoms with Crippen molar-refractivity contribution in [2.75, 3.05) is 0 Å². The molecule has 1 fully saturated rings. The molecule has 0 heterocycles. The summed E-state index contributed by atoms with van der Waals surface area (Å²) in [6.45, 7) is 0.